The zero-order chi connectivity index (χ0) is 28.4. The first kappa shape index (κ1) is 29.2. The van der Waals surface area contributed by atoms with E-state index >= 15 is 0 Å². The number of esters is 2. The molecule has 1 aromatic rings. The lowest BCUT2D eigenvalue weighted by Gasteiger charge is -2.44. The number of aryl methyl sites for hydroxylation is 1. The zero-order valence-corrected chi connectivity index (χ0v) is 24.1. The van der Waals surface area contributed by atoms with Crippen molar-refractivity contribution in [3.63, 3.8) is 0 Å². The highest BCUT2D eigenvalue weighted by molar-refractivity contribution is 5.95. The lowest BCUT2D eigenvalue weighted by molar-refractivity contribution is -0.238. The van der Waals surface area contributed by atoms with Gasteiger partial charge < -0.3 is 14.2 Å². The summed E-state index contributed by atoms with van der Waals surface area (Å²) >= 11 is 0. The van der Waals surface area contributed by atoms with E-state index in [2.05, 4.69) is 36.8 Å². The summed E-state index contributed by atoms with van der Waals surface area (Å²) in [5, 5.41) is 8.50. The lowest BCUT2D eigenvalue weighted by atomic mass is 9.61. The first-order valence-corrected chi connectivity index (χ1v) is 14.3. The van der Waals surface area contributed by atoms with Crippen molar-refractivity contribution in [2.24, 2.45) is 29.6 Å². The van der Waals surface area contributed by atoms with E-state index in [1.165, 1.54) is 30.5 Å². The predicted molar refractivity (Wildman–Crippen MR) is 144 cm³/mol. The van der Waals surface area contributed by atoms with Crippen LogP contribution in [0.5, 0.6) is 0 Å². The summed E-state index contributed by atoms with van der Waals surface area (Å²) in [6.45, 7) is 15.1. The van der Waals surface area contributed by atoms with E-state index in [1.54, 1.807) is 6.20 Å². The maximum atomic E-state index is 13.2. The standard InChI is InChI=1S/C30H43N3O6/c1-16-8-11-24-17(2)9-12-25(26(24)14-16)18(3)27(36)13-10-23-15-33(32-31-23)30-29(39-22(7)35)19(4)28(20(5)37-30)38-21(6)34/h14-15,17,19-20,24-26,28-30H,3,8-13H2,1-2,4-7H3/t17-,19+,20?,24+,25+,26+,28-,29+,30?/m1/s1. The van der Waals surface area contributed by atoms with Gasteiger partial charge in [-0.3, -0.25) is 14.4 Å². The number of rotatable bonds is 8. The molecular weight excluding hydrogens is 498 g/mol. The fourth-order valence-electron chi connectivity index (χ4n) is 6.83. The number of hydrogen-bond acceptors (Lipinski definition) is 8. The van der Waals surface area contributed by atoms with Gasteiger partial charge in [-0.05, 0) is 68.8 Å². The molecule has 0 spiro atoms. The molecule has 39 heavy (non-hydrogen) atoms. The third kappa shape index (κ3) is 6.51. The van der Waals surface area contributed by atoms with Crippen LogP contribution in [0.4, 0.5) is 0 Å². The van der Waals surface area contributed by atoms with Gasteiger partial charge in [0.1, 0.15) is 6.10 Å². The predicted octanol–water partition coefficient (Wildman–Crippen LogP) is 4.77. The largest absolute Gasteiger partial charge is 0.459 e. The van der Waals surface area contributed by atoms with Crippen molar-refractivity contribution < 1.29 is 28.6 Å². The van der Waals surface area contributed by atoms with Crippen LogP contribution in [0.1, 0.15) is 85.6 Å². The topological polar surface area (TPSA) is 110 Å². The second kappa shape index (κ2) is 12.1. The van der Waals surface area contributed by atoms with Crippen LogP contribution in [-0.2, 0) is 35.0 Å². The molecular formula is C30H43N3O6. The molecule has 3 aliphatic rings. The molecule has 2 aliphatic carbocycles. The van der Waals surface area contributed by atoms with Gasteiger partial charge in [-0.15, -0.1) is 5.10 Å². The van der Waals surface area contributed by atoms with E-state index in [0.717, 1.165) is 24.8 Å². The number of aromatic nitrogens is 3. The maximum Gasteiger partial charge on any atom is 0.303 e. The lowest BCUT2D eigenvalue weighted by Crippen LogP contribution is -2.53. The Balaban J connectivity index is 1.41. The fraction of sp³-hybridized carbons (Fsp3) is 0.700. The molecule has 4 rings (SSSR count). The molecule has 1 saturated heterocycles. The van der Waals surface area contributed by atoms with Crippen molar-refractivity contribution >= 4 is 17.7 Å². The smallest absolute Gasteiger partial charge is 0.303 e. The highest BCUT2D eigenvalue weighted by Gasteiger charge is 2.47. The maximum absolute atomic E-state index is 13.2. The Hall–Kier alpha value is -2.81. The molecule has 1 aliphatic heterocycles. The summed E-state index contributed by atoms with van der Waals surface area (Å²) in [7, 11) is 0. The Bertz CT molecular complexity index is 1130. The van der Waals surface area contributed by atoms with E-state index in [-0.39, 0.29) is 17.6 Å². The molecule has 0 amide bonds. The number of ether oxygens (including phenoxy) is 3. The molecule has 2 fully saturated rings. The van der Waals surface area contributed by atoms with Gasteiger partial charge in [0, 0.05) is 32.6 Å². The van der Waals surface area contributed by atoms with Gasteiger partial charge in [0.2, 0.25) is 0 Å². The summed E-state index contributed by atoms with van der Waals surface area (Å²) in [4.78, 5) is 36.7. The van der Waals surface area contributed by atoms with Gasteiger partial charge in [0.05, 0.1) is 18.0 Å². The van der Waals surface area contributed by atoms with Crippen LogP contribution in [0.15, 0.2) is 30.0 Å². The van der Waals surface area contributed by atoms with Crippen LogP contribution in [0.25, 0.3) is 0 Å². The van der Waals surface area contributed by atoms with Crippen LogP contribution < -0.4 is 0 Å². The van der Waals surface area contributed by atoms with E-state index < -0.39 is 36.5 Å². The second-order valence-corrected chi connectivity index (χ2v) is 11.8. The molecule has 9 nitrogen and oxygen atoms in total. The summed E-state index contributed by atoms with van der Waals surface area (Å²) < 4.78 is 18.7. The van der Waals surface area contributed by atoms with Crippen molar-refractivity contribution in [3.8, 4) is 0 Å². The Morgan fingerprint density at radius 2 is 1.77 bits per heavy atom. The highest BCUT2D eigenvalue weighted by atomic mass is 16.6. The molecule has 0 aromatic carbocycles. The molecule has 0 N–H and O–H groups in total. The van der Waals surface area contributed by atoms with E-state index in [4.69, 9.17) is 14.2 Å². The molecule has 214 valence electrons. The van der Waals surface area contributed by atoms with Gasteiger partial charge in [0.15, 0.2) is 18.1 Å². The van der Waals surface area contributed by atoms with Crippen molar-refractivity contribution in [1.82, 2.24) is 15.0 Å². The summed E-state index contributed by atoms with van der Waals surface area (Å²) in [6, 6.07) is 0. The SMILES string of the molecule is C=C(C(=O)CCc1cn(C2OC(C)[C@H](OC(C)=O)[C@H](C)[C@@H]2OC(C)=O)nn1)[C@@H]1CC[C@@H](C)[C@@H]2CCC(C)=C[C@@H]21. The Morgan fingerprint density at radius 1 is 1.08 bits per heavy atom. The van der Waals surface area contributed by atoms with Crippen LogP contribution in [0, 0.1) is 29.6 Å². The molecule has 9 heteroatoms. The van der Waals surface area contributed by atoms with Crippen LogP contribution in [0.2, 0.25) is 0 Å². The van der Waals surface area contributed by atoms with Gasteiger partial charge in [0.25, 0.3) is 0 Å². The number of carbonyl (C=O) groups excluding carboxylic acids is 3. The zero-order valence-electron chi connectivity index (χ0n) is 24.1. The second-order valence-electron chi connectivity index (χ2n) is 11.8. The summed E-state index contributed by atoms with van der Waals surface area (Å²) in [6.07, 6.45) is 6.88. The number of hydrogen-bond donors (Lipinski definition) is 0. The number of fused-ring (bicyclic) bond motifs is 1. The number of nitrogens with zero attached hydrogens (tertiary/aromatic N) is 3. The molecule has 2 unspecified atom stereocenters. The Kier molecular flexibility index (Phi) is 9.09. The average Bonchev–Trinajstić information content (AvgIpc) is 3.35. The monoisotopic (exact) mass is 541 g/mol. The molecule has 0 bridgehead atoms. The third-order valence-corrected chi connectivity index (χ3v) is 8.94. The first-order chi connectivity index (χ1) is 18.5. The molecule has 9 atom stereocenters. The van der Waals surface area contributed by atoms with Crippen molar-refractivity contribution in [2.45, 2.75) is 105 Å². The Morgan fingerprint density at radius 3 is 2.46 bits per heavy atom. The van der Waals surface area contributed by atoms with E-state index in [0.29, 0.717) is 36.3 Å². The van der Waals surface area contributed by atoms with Gasteiger partial charge in [-0.1, -0.05) is 37.3 Å². The van der Waals surface area contributed by atoms with Gasteiger partial charge in [-0.25, -0.2) is 4.68 Å². The first-order valence-electron chi connectivity index (χ1n) is 14.3. The van der Waals surface area contributed by atoms with E-state index in [9.17, 15) is 14.4 Å². The van der Waals surface area contributed by atoms with Crippen LogP contribution >= 0.6 is 0 Å². The number of carbonyl (C=O) groups is 3. The molecule has 2 heterocycles. The number of allylic oxidation sites excluding steroid dienone is 3. The van der Waals surface area contributed by atoms with Crippen molar-refractivity contribution in [3.05, 3.63) is 35.7 Å². The van der Waals surface area contributed by atoms with Gasteiger partial charge >= 0.3 is 11.9 Å². The normalized spacial score (nSPS) is 34.4. The average molecular weight is 542 g/mol. The molecule has 1 saturated carbocycles. The quantitative estimate of drug-likeness (QED) is 0.263. The molecule has 0 radical (unpaired) electrons. The van der Waals surface area contributed by atoms with Crippen LogP contribution in [-0.4, -0.2) is 51.0 Å². The summed E-state index contributed by atoms with van der Waals surface area (Å²) in [5.74, 6) is 0.775. The minimum absolute atomic E-state index is 0.0812. The van der Waals surface area contributed by atoms with E-state index in [1.807, 2.05) is 13.8 Å². The minimum Gasteiger partial charge on any atom is -0.459 e. The third-order valence-electron chi connectivity index (χ3n) is 8.94. The van der Waals surface area contributed by atoms with Gasteiger partial charge in [-0.2, -0.15) is 0 Å². The fourth-order valence-corrected chi connectivity index (χ4v) is 6.83. The van der Waals surface area contributed by atoms with Crippen molar-refractivity contribution in [1.29, 1.82) is 0 Å². The number of Topliss-reactive ketones (excluding diaryl/α,β-unsaturated/α-hetero) is 1. The Labute approximate surface area is 231 Å². The summed E-state index contributed by atoms with van der Waals surface area (Å²) in [5.41, 5.74) is 2.80. The van der Waals surface area contributed by atoms with Crippen molar-refractivity contribution in [2.75, 3.05) is 0 Å². The number of ketones is 1. The highest BCUT2D eigenvalue weighted by Crippen LogP contribution is 2.48. The van der Waals surface area contributed by atoms with Crippen LogP contribution in [0.3, 0.4) is 0 Å². The molecule has 1 aromatic heterocycles. The minimum atomic E-state index is -0.736.